The predicted octanol–water partition coefficient (Wildman–Crippen LogP) is 4.53. The van der Waals surface area contributed by atoms with E-state index in [9.17, 15) is 5.11 Å². The molecule has 34 heavy (non-hydrogen) atoms. The van der Waals surface area contributed by atoms with Gasteiger partial charge in [0.1, 0.15) is 5.75 Å². The monoisotopic (exact) mass is 457 g/mol. The van der Waals surface area contributed by atoms with E-state index in [2.05, 4.69) is 36.1 Å². The van der Waals surface area contributed by atoms with E-state index in [0.29, 0.717) is 23.2 Å². The van der Waals surface area contributed by atoms with Crippen molar-refractivity contribution in [2.75, 3.05) is 30.3 Å². The third kappa shape index (κ3) is 5.68. The highest BCUT2D eigenvalue weighted by atomic mass is 16.5. The molecule has 172 valence electrons. The fourth-order valence-corrected chi connectivity index (χ4v) is 2.96. The maximum absolute atomic E-state index is 10.2. The smallest absolute Gasteiger partial charge is 0.250 e. The molecule has 0 aliphatic rings. The van der Waals surface area contributed by atoms with Crippen LogP contribution in [0, 0.1) is 0 Å². The van der Waals surface area contributed by atoms with Crippen LogP contribution in [0.15, 0.2) is 77.9 Å². The normalized spacial score (nSPS) is 10.6. The first kappa shape index (κ1) is 22.3. The maximum Gasteiger partial charge on any atom is 0.250 e. The SMILES string of the molecule is COc1ccc(Nc2nc(N/N=C/c3cccc(OC)c3O)nc(Nc3ccccc3)n2)cc1. The number of hydrogen-bond acceptors (Lipinski definition) is 10. The number of ether oxygens (including phenoxy) is 2. The fourth-order valence-electron chi connectivity index (χ4n) is 2.96. The summed E-state index contributed by atoms with van der Waals surface area (Å²) in [5.74, 6) is 1.90. The first-order valence-corrected chi connectivity index (χ1v) is 10.3. The average Bonchev–Trinajstić information content (AvgIpc) is 2.86. The minimum absolute atomic E-state index is 0.0144. The molecule has 0 aliphatic carbocycles. The van der Waals surface area contributed by atoms with E-state index in [0.717, 1.165) is 17.1 Å². The van der Waals surface area contributed by atoms with Gasteiger partial charge in [-0.15, -0.1) is 0 Å². The Bertz CT molecular complexity index is 1270. The van der Waals surface area contributed by atoms with Gasteiger partial charge in [-0.2, -0.15) is 20.1 Å². The maximum atomic E-state index is 10.2. The van der Waals surface area contributed by atoms with Crippen LogP contribution in [-0.2, 0) is 0 Å². The topological polar surface area (TPSA) is 126 Å². The van der Waals surface area contributed by atoms with Crippen LogP contribution in [0.2, 0.25) is 0 Å². The summed E-state index contributed by atoms with van der Waals surface area (Å²) in [6, 6.07) is 22.0. The number of aromatic hydroxyl groups is 1. The van der Waals surface area contributed by atoms with Crippen molar-refractivity contribution in [1.29, 1.82) is 0 Å². The van der Waals surface area contributed by atoms with Crippen molar-refractivity contribution >= 4 is 35.4 Å². The number of hydrogen-bond donors (Lipinski definition) is 4. The first-order valence-electron chi connectivity index (χ1n) is 10.3. The number of rotatable bonds is 9. The van der Waals surface area contributed by atoms with Crippen molar-refractivity contribution in [3.05, 3.63) is 78.4 Å². The second-order valence-corrected chi connectivity index (χ2v) is 6.92. The van der Waals surface area contributed by atoms with Crippen molar-refractivity contribution in [2.45, 2.75) is 0 Å². The van der Waals surface area contributed by atoms with Crippen molar-refractivity contribution in [3.8, 4) is 17.2 Å². The summed E-state index contributed by atoms with van der Waals surface area (Å²) >= 11 is 0. The van der Waals surface area contributed by atoms with Gasteiger partial charge in [0, 0.05) is 16.9 Å². The zero-order valence-corrected chi connectivity index (χ0v) is 18.6. The first-order chi connectivity index (χ1) is 16.6. The second-order valence-electron chi connectivity index (χ2n) is 6.92. The molecule has 0 atom stereocenters. The number of hydrazone groups is 1. The number of phenolic OH excluding ortho intramolecular Hbond substituents is 1. The minimum atomic E-state index is -0.0144. The number of nitrogens with zero attached hydrogens (tertiary/aromatic N) is 4. The Hall–Kier alpha value is -4.86. The molecule has 1 aromatic heterocycles. The molecule has 0 fully saturated rings. The number of phenols is 1. The molecule has 0 spiro atoms. The number of anilines is 5. The van der Waals surface area contributed by atoms with Gasteiger partial charge >= 0.3 is 0 Å². The molecule has 0 aliphatic heterocycles. The van der Waals surface area contributed by atoms with Gasteiger partial charge in [0.05, 0.1) is 20.4 Å². The molecule has 0 bridgehead atoms. The number of para-hydroxylation sites is 2. The molecule has 0 amide bonds. The third-order valence-electron chi connectivity index (χ3n) is 4.63. The Balaban J connectivity index is 1.58. The highest BCUT2D eigenvalue weighted by molar-refractivity contribution is 5.85. The standard InChI is InChI=1S/C24H23N7O3/c1-33-19-13-11-18(12-14-19)27-23-28-22(26-17-8-4-3-5-9-17)29-24(30-23)31-25-15-16-7-6-10-20(34-2)21(16)32/h3-15,32H,1-2H3,(H3,26,27,28,29,30,31)/b25-15+. The van der Waals surface area contributed by atoms with Gasteiger partial charge in [0.25, 0.3) is 0 Å². The van der Waals surface area contributed by atoms with Crippen molar-refractivity contribution in [2.24, 2.45) is 5.10 Å². The van der Waals surface area contributed by atoms with Crippen LogP contribution in [-0.4, -0.2) is 40.5 Å². The summed E-state index contributed by atoms with van der Waals surface area (Å²) in [6.07, 6.45) is 1.45. The van der Waals surface area contributed by atoms with Gasteiger partial charge < -0.3 is 25.2 Å². The van der Waals surface area contributed by atoms with Crippen LogP contribution in [0.4, 0.5) is 29.2 Å². The van der Waals surface area contributed by atoms with Crippen LogP contribution in [0.25, 0.3) is 0 Å². The molecule has 3 aromatic carbocycles. The van der Waals surface area contributed by atoms with Gasteiger partial charge in [-0.1, -0.05) is 24.3 Å². The quantitative estimate of drug-likeness (QED) is 0.212. The molecular weight excluding hydrogens is 434 g/mol. The number of benzene rings is 3. The van der Waals surface area contributed by atoms with Crippen LogP contribution in [0.5, 0.6) is 17.2 Å². The summed E-state index contributed by atoms with van der Waals surface area (Å²) in [4.78, 5) is 13.2. The van der Waals surface area contributed by atoms with E-state index in [1.165, 1.54) is 13.3 Å². The highest BCUT2D eigenvalue weighted by Gasteiger charge is 2.09. The average molecular weight is 457 g/mol. The Morgan fingerprint density at radius 3 is 2.03 bits per heavy atom. The van der Waals surface area contributed by atoms with Crippen LogP contribution >= 0.6 is 0 Å². The summed E-state index contributed by atoms with van der Waals surface area (Å²) < 4.78 is 10.3. The third-order valence-corrected chi connectivity index (χ3v) is 4.63. The van der Waals surface area contributed by atoms with Gasteiger partial charge in [0.2, 0.25) is 17.8 Å². The number of nitrogens with one attached hydrogen (secondary N) is 3. The molecule has 10 heteroatoms. The Morgan fingerprint density at radius 1 is 0.735 bits per heavy atom. The lowest BCUT2D eigenvalue weighted by Crippen LogP contribution is -2.07. The molecule has 0 unspecified atom stereocenters. The molecule has 4 rings (SSSR count). The Morgan fingerprint density at radius 2 is 1.38 bits per heavy atom. The van der Waals surface area contributed by atoms with Crippen LogP contribution in [0.3, 0.4) is 0 Å². The molecule has 4 N–H and O–H groups in total. The number of methoxy groups -OCH3 is 2. The van der Waals surface area contributed by atoms with E-state index in [-0.39, 0.29) is 11.7 Å². The zero-order valence-electron chi connectivity index (χ0n) is 18.6. The van der Waals surface area contributed by atoms with Gasteiger partial charge in [0.15, 0.2) is 11.5 Å². The second kappa shape index (κ2) is 10.6. The summed E-state index contributed by atoms with van der Waals surface area (Å²) in [5.41, 5.74) is 4.85. The lowest BCUT2D eigenvalue weighted by Gasteiger charge is -2.10. The van der Waals surface area contributed by atoms with E-state index in [4.69, 9.17) is 9.47 Å². The Labute approximate surface area is 196 Å². The largest absolute Gasteiger partial charge is 0.504 e. The summed E-state index contributed by atoms with van der Waals surface area (Å²) in [6.45, 7) is 0. The van der Waals surface area contributed by atoms with Gasteiger partial charge in [-0.05, 0) is 48.5 Å². The van der Waals surface area contributed by atoms with Crippen molar-refractivity contribution in [3.63, 3.8) is 0 Å². The molecule has 10 nitrogen and oxygen atoms in total. The molecule has 0 saturated heterocycles. The molecule has 0 saturated carbocycles. The molecule has 4 aromatic rings. The van der Waals surface area contributed by atoms with Crippen molar-refractivity contribution < 1.29 is 14.6 Å². The van der Waals surface area contributed by atoms with Gasteiger partial charge in [-0.3, -0.25) is 0 Å². The van der Waals surface area contributed by atoms with Crippen LogP contribution in [0.1, 0.15) is 5.56 Å². The molecule has 0 radical (unpaired) electrons. The minimum Gasteiger partial charge on any atom is -0.504 e. The van der Waals surface area contributed by atoms with E-state index < -0.39 is 0 Å². The lowest BCUT2D eigenvalue weighted by molar-refractivity contribution is 0.373. The highest BCUT2D eigenvalue weighted by Crippen LogP contribution is 2.28. The van der Waals surface area contributed by atoms with E-state index in [1.54, 1.807) is 25.3 Å². The molecule has 1 heterocycles. The Kier molecular flexibility index (Phi) is 6.99. The lowest BCUT2D eigenvalue weighted by atomic mass is 10.2. The van der Waals surface area contributed by atoms with Crippen molar-refractivity contribution in [1.82, 2.24) is 15.0 Å². The van der Waals surface area contributed by atoms with E-state index in [1.807, 2.05) is 54.6 Å². The number of aromatic nitrogens is 3. The van der Waals surface area contributed by atoms with Gasteiger partial charge in [-0.25, -0.2) is 5.43 Å². The fraction of sp³-hybridized carbons (Fsp3) is 0.0833. The summed E-state index contributed by atoms with van der Waals surface area (Å²) in [7, 11) is 3.09. The van der Waals surface area contributed by atoms with Crippen LogP contribution < -0.4 is 25.5 Å². The zero-order chi connectivity index (χ0) is 23.8. The summed E-state index contributed by atoms with van der Waals surface area (Å²) in [5, 5.41) is 20.7. The predicted molar refractivity (Wildman–Crippen MR) is 132 cm³/mol. The molecular formula is C24H23N7O3. The van der Waals surface area contributed by atoms with E-state index >= 15 is 0 Å².